The van der Waals surface area contributed by atoms with E-state index in [0.717, 1.165) is 61.9 Å². The molecule has 3 N–H and O–H groups in total. The third kappa shape index (κ3) is 6.54. The van der Waals surface area contributed by atoms with Gasteiger partial charge in [0, 0.05) is 13.0 Å². The lowest BCUT2D eigenvalue weighted by atomic mass is 9.44. The minimum absolute atomic E-state index is 0.265. The van der Waals surface area contributed by atoms with Crippen molar-refractivity contribution < 1.29 is 9.53 Å². The molecule has 0 aromatic rings. The van der Waals surface area contributed by atoms with E-state index in [0.29, 0.717) is 35.9 Å². The second-order valence-corrected chi connectivity index (χ2v) is 14.3. The Hall–Kier alpha value is -0.870. The monoisotopic (exact) mass is 528 g/mol. The van der Waals surface area contributed by atoms with Crippen molar-refractivity contribution in [2.75, 3.05) is 19.7 Å². The lowest BCUT2D eigenvalue weighted by molar-refractivity contribution is -0.135. The highest BCUT2D eigenvalue weighted by Gasteiger charge is 2.60. The molecule has 0 bridgehead atoms. The van der Waals surface area contributed by atoms with Crippen molar-refractivity contribution in [2.24, 2.45) is 52.1 Å². The molecule has 0 aliphatic heterocycles. The molecule has 1 amide bonds. The van der Waals surface area contributed by atoms with Crippen molar-refractivity contribution >= 4 is 5.91 Å². The van der Waals surface area contributed by atoms with Crippen molar-refractivity contribution in [3.05, 3.63) is 12.7 Å². The number of hydrogen-bond donors (Lipinski definition) is 2. The zero-order chi connectivity index (χ0) is 27.2. The fraction of sp³-hybridized carbons (Fsp3) is 0.912. The number of amides is 1. The predicted molar refractivity (Wildman–Crippen MR) is 159 cm³/mol. The van der Waals surface area contributed by atoms with Gasteiger partial charge in [-0.2, -0.15) is 0 Å². The summed E-state index contributed by atoms with van der Waals surface area (Å²) in [6.45, 7) is 14.0. The first kappa shape index (κ1) is 30.1. The summed E-state index contributed by atoms with van der Waals surface area (Å²) in [5.74, 6) is 5.28. The molecule has 4 aliphatic carbocycles. The van der Waals surface area contributed by atoms with Crippen LogP contribution in [0.5, 0.6) is 0 Å². The third-order valence-electron chi connectivity index (χ3n) is 12.4. The van der Waals surface area contributed by atoms with E-state index in [2.05, 4.69) is 32.7 Å². The zero-order valence-electron chi connectivity index (χ0n) is 25.2. The van der Waals surface area contributed by atoms with Crippen LogP contribution in [0.3, 0.4) is 0 Å². The Balaban J connectivity index is 1.25. The molecule has 0 aromatic heterocycles. The molecule has 38 heavy (non-hydrogen) atoms. The Morgan fingerprint density at radius 1 is 1.00 bits per heavy atom. The second kappa shape index (κ2) is 13.7. The van der Waals surface area contributed by atoms with Gasteiger partial charge in [0.05, 0.1) is 12.7 Å². The van der Waals surface area contributed by atoms with Gasteiger partial charge in [-0.05, 0) is 130 Å². The van der Waals surface area contributed by atoms with Gasteiger partial charge in [-0.25, -0.2) is 0 Å². The molecule has 0 unspecified atom stereocenters. The fourth-order valence-electron chi connectivity index (χ4n) is 10.2. The predicted octanol–water partition coefficient (Wildman–Crippen LogP) is 7.66. The van der Waals surface area contributed by atoms with Crippen LogP contribution in [0.15, 0.2) is 12.7 Å². The second-order valence-electron chi connectivity index (χ2n) is 14.3. The number of carbonyl (C=O) groups excluding carboxylic acids is 1. The summed E-state index contributed by atoms with van der Waals surface area (Å²) in [7, 11) is 0. The molecule has 4 rings (SSSR count). The molecule has 0 spiro atoms. The lowest BCUT2D eigenvalue weighted by Gasteiger charge is -2.61. The van der Waals surface area contributed by atoms with Crippen molar-refractivity contribution in [3.63, 3.8) is 0 Å². The Morgan fingerprint density at radius 2 is 1.74 bits per heavy atom. The molecule has 4 saturated carbocycles. The molecule has 218 valence electrons. The minimum Gasteiger partial charge on any atom is -0.374 e. The maximum atomic E-state index is 12.6. The molecule has 4 aliphatic rings. The molecule has 4 heteroatoms. The van der Waals surface area contributed by atoms with Gasteiger partial charge in [-0.3, -0.25) is 4.79 Å². The maximum absolute atomic E-state index is 12.6. The standard InChI is InChI=1S/C34H60N2O2/c1-5-23-38-27-17-19-33(3)26(24-27)12-13-28-30-15-14-29(34(30,4)20-18-31(28)33)25(2)11-16-32(37)36-22-10-8-6-7-9-21-35/h5,25-31H,1,6-24,35H2,2-4H3,(H,36,37)/t25-,26-,27+,28+,29-,30+,31+,33+,34-/m1/s1. The van der Waals surface area contributed by atoms with E-state index in [1.165, 1.54) is 77.0 Å². The minimum atomic E-state index is 0.265. The van der Waals surface area contributed by atoms with E-state index in [1.54, 1.807) is 0 Å². The van der Waals surface area contributed by atoms with Crippen LogP contribution in [0, 0.1) is 46.3 Å². The highest BCUT2D eigenvalue weighted by molar-refractivity contribution is 5.75. The summed E-state index contributed by atoms with van der Waals surface area (Å²) in [6.07, 6.45) is 22.3. The Bertz CT molecular complexity index is 770. The first-order valence-electron chi connectivity index (χ1n) is 16.5. The largest absolute Gasteiger partial charge is 0.374 e. The van der Waals surface area contributed by atoms with E-state index < -0.39 is 0 Å². The molecule has 4 nitrogen and oxygen atoms in total. The molecule has 4 fully saturated rings. The third-order valence-corrected chi connectivity index (χ3v) is 12.4. The summed E-state index contributed by atoms with van der Waals surface area (Å²) in [4.78, 5) is 12.6. The number of fused-ring (bicyclic) bond motifs is 5. The van der Waals surface area contributed by atoms with Crippen LogP contribution in [0.1, 0.15) is 124 Å². The van der Waals surface area contributed by atoms with Crippen molar-refractivity contribution in [2.45, 2.75) is 130 Å². The first-order chi connectivity index (χ1) is 18.3. The highest BCUT2D eigenvalue weighted by Crippen LogP contribution is 2.68. The van der Waals surface area contributed by atoms with Gasteiger partial charge in [0.25, 0.3) is 0 Å². The molecular weight excluding hydrogens is 468 g/mol. The van der Waals surface area contributed by atoms with Gasteiger partial charge >= 0.3 is 0 Å². The number of rotatable bonds is 14. The highest BCUT2D eigenvalue weighted by atomic mass is 16.5. The quantitative estimate of drug-likeness (QED) is 0.180. The topological polar surface area (TPSA) is 64.3 Å². The van der Waals surface area contributed by atoms with Crippen molar-refractivity contribution in [1.82, 2.24) is 5.32 Å². The van der Waals surface area contributed by atoms with Crippen LogP contribution in [0.25, 0.3) is 0 Å². The number of hydrogen-bond acceptors (Lipinski definition) is 3. The van der Waals surface area contributed by atoms with Gasteiger partial charge < -0.3 is 15.8 Å². The van der Waals surface area contributed by atoms with Gasteiger partial charge in [0.2, 0.25) is 5.91 Å². The Morgan fingerprint density at radius 3 is 2.53 bits per heavy atom. The normalized spacial score (nSPS) is 39.1. The van der Waals surface area contributed by atoms with E-state index >= 15 is 0 Å². The SMILES string of the molecule is C=CCO[C@H]1CC[C@@]2(C)[C@H](CC[C@@H]3[C@@H]2CC[C@]2(C)[C@@H]([C@H](C)CCC(=O)NCCCCCCCN)CC[C@@H]32)C1. The van der Waals surface area contributed by atoms with Gasteiger partial charge in [0.1, 0.15) is 0 Å². The van der Waals surface area contributed by atoms with Crippen LogP contribution in [0.4, 0.5) is 0 Å². The zero-order valence-corrected chi connectivity index (χ0v) is 25.2. The van der Waals surface area contributed by atoms with Crippen LogP contribution >= 0.6 is 0 Å². The average Bonchev–Trinajstić information content (AvgIpc) is 3.27. The summed E-state index contributed by atoms with van der Waals surface area (Å²) < 4.78 is 6.12. The molecule has 0 aromatic carbocycles. The van der Waals surface area contributed by atoms with E-state index in [-0.39, 0.29) is 5.91 Å². The molecule has 0 saturated heterocycles. The van der Waals surface area contributed by atoms with Crippen LogP contribution < -0.4 is 11.1 Å². The molecule has 0 heterocycles. The summed E-state index contributed by atoms with van der Waals surface area (Å²) in [5.41, 5.74) is 6.57. The van der Waals surface area contributed by atoms with Crippen molar-refractivity contribution in [1.29, 1.82) is 0 Å². The van der Waals surface area contributed by atoms with E-state index in [1.807, 2.05) is 6.08 Å². The number of carbonyl (C=O) groups is 1. The maximum Gasteiger partial charge on any atom is 0.220 e. The Kier molecular flexibility index (Phi) is 10.8. The first-order valence-corrected chi connectivity index (χ1v) is 16.5. The van der Waals surface area contributed by atoms with Gasteiger partial charge in [-0.1, -0.05) is 46.1 Å². The van der Waals surface area contributed by atoms with Gasteiger partial charge in [-0.15, -0.1) is 6.58 Å². The fourth-order valence-corrected chi connectivity index (χ4v) is 10.2. The number of nitrogens with one attached hydrogen (secondary N) is 1. The van der Waals surface area contributed by atoms with Crippen LogP contribution in [-0.4, -0.2) is 31.7 Å². The number of nitrogens with two attached hydrogens (primary N) is 1. The summed E-state index contributed by atoms with van der Waals surface area (Å²) >= 11 is 0. The molecular formula is C34H60N2O2. The smallest absolute Gasteiger partial charge is 0.220 e. The van der Waals surface area contributed by atoms with E-state index in [4.69, 9.17) is 10.5 Å². The summed E-state index contributed by atoms with van der Waals surface area (Å²) in [5, 5.41) is 3.19. The lowest BCUT2D eigenvalue weighted by Crippen LogP contribution is -2.54. The Labute approximate surface area is 234 Å². The molecule has 9 atom stereocenters. The van der Waals surface area contributed by atoms with Crippen molar-refractivity contribution in [3.8, 4) is 0 Å². The van der Waals surface area contributed by atoms with Crippen LogP contribution in [-0.2, 0) is 9.53 Å². The molecule has 0 radical (unpaired) electrons. The number of ether oxygens (including phenoxy) is 1. The summed E-state index contributed by atoms with van der Waals surface area (Å²) in [6, 6.07) is 0. The van der Waals surface area contributed by atoms with E-state index in [9.17, 15) is 4.79 Å². The van der Waals surface area contributed by atoms with Gasteiger partial charge in [0.15, 0.2) is 0 Å². The number of unbranched alkanes of at least 4 members (excludes halogenated alkanes) is 4. The van der Waals surface area contributed by atoms with Crippen LogP contribution in [0.2, 0.25) is 0 Å². The average molecular weight is 529 g/mol.